The monoisotopic (exact) mass is 256 g/mol. The quantitative estimate of drug-likeness (QED) is 0.331. The van der Waals surface area contributed by atoms with Gasteiger partial charge in [-0.2, -0.15) is 0 Å². The molecule has 1 aromatic carbocycles. The van der Waals surface area contributed by atoms with Crippen LogP contribution < -0.4 is 29.6 Å². The van der Waals surface area contributed by atoms with Crippen LogP contribution in [-0.4, -0.2) is 37.2 Å². The third kappa shape index (κ3) is 5.00. The molecular weight excluding hydrogens is 243 g/mol. The Labute approximate surface area is 128 Å². The molecule has 0 unspecified atom stereocenters. The molecule has 0 bridgehead atoms. The van der Waals surface area contributed by atoms with Crippen molar-refractivity contribution >= 4 is 18.2 Å². The number of rotatable bonds is 1. The number of nitrogens with zero attached hydrogens (tertiary/aromatic N) is 2. The average Bonchev–Trinajstić information content (AvgIpc) is 2.29. The maximum Gasteiger partial charge on any atom is 1.00 e. The number of hydrogen-bond acceptors (Lipinski definition) is 3. The molecule has 1 aliphatic heterocycles. The minimum atomic E-state index is -0.415. The number of hydrogen-bond donors (Lipinski definition) is 0. The van der Waals surface area contributed by atoms with E-state index in [9.17, 15) is 14.4 Å². The number of imide groups is 1. The fourth-order valence-corrected chi connectivity index (χ4v) is 1.26. The van der Waals surface area contributed by atoms with Crippen LogP contribution in [0.15, 0.2) is 24.3 Å². The summed E-state index contributed by atoms with van der Waals surface area (Å²) in [6.07, 6.45) is 1.00. The molecule has 0 radical (unpaired) electrons. The van der Waals surface area contributed by atoms with E-state index < -0.39 is 5.91 Å². The van der Waals surface area contributed by atoms with Gasteiger partial charge in [-0.15, -0.1) is 0 Å². The molecule has 18 heavy (non-hydrogen) atoms. The summed E-state index contributed by atoms with van der Waals surface area (Å²) >= 11 is 0. The van der Waals surface area contributed by atoms with Gasteiger partial charge in [0.25, 0.3) is 0 Å². The van der Waals surface area contributed by atoms with Crippen molar-refractivity contribution in [1.29, 1.82) is 0 Å². The Kier molecular flexibility index (Phi) is 7.50. The molecule has 1 aromatic rings. The van der Waals surface area contributed by atoms with Crippen LogP contribution in [0.2, 0.25) is 0 Å². The maximum absolute atomic E-state index is 11.1. The van der Waals surface area contributed by atoms with Crippen molar-refractivity contribution in [2.45, 2.75) is 6.42 Å². The Bertz CT molecular complexity index is 447. The van der Waals surface area contributed by atoms with E-state index in [1.54, 1.807) is 32.3 Å². The van der Waals surface area contributed by atoms with Gasteiger partial charge >= 0.3 is 29.6 Å². The molecule has 3 amide bonds. The topological polar surface area (TPSA) is 68.6 Å². The van der Waals surface area contributed by atoms with Gasteiger partial charge in [-0.25, -0.2) is 0 Å². The Hall–Kier alpha value is -1.17. The first-order valence-corrected chi connectivity index (χ1v) is 5.03. The molecule has 0 saturated heterocycles. The molecule has 5 nitrogen and oxygen atoms in total. The van der Waals surface area contributed by atoms with Crippen molar-refractivity contribution < 1.29 is 43.9 Å². The number of fused-ring (bicyclic) bond motifs is 1. The minimum absolute atomic E-state index is 0. The summed E-state index contributed by atoms with van der Waals surface area (Å²) in [7, 11) is 3.38. The predicted octanol–water partition coefficient (Wildman–Crippen LogP) is -2.01. The predicted molar refractivity (Wildman–Crippen MR) is 62.6 cm³/mol. The largest absolute Gasteiger partial charge is 1.00 e. The summed E-state index contributed by atoms with van der Waals surface area (Å²) in [5, 5.41) is 3.35. The first-order valence-electron chi connectivity index (χ1n) is 5.03. The Balaban J connectivity index is 0.000000421. The Morgan fingerprint density at radius 1 is 1.22 bits per heavy atom. The molecular formula is C12H13N2NaO3. The van der Waals surface area contributed by atoms with Crippen LogP contribution in [0.3, 0.4) is 0 Å². The maximum atomic E-state index is 11.1. The van der Waals surface area contributed by atoms with E-state index in [1.807, 2.05) is 6.07 Å². The van der Waals surface area contributed by atoms with E-state index in [0.29, 0.717) is 5.56 Å². The van der Waals surface area contributed by atoms with Gasteiger partial charge in [0.15, 0.2) is 0 Å². The van der Waals surface area contributed by atoms with E-state index in [2.05, 4.69) is 5.32 Å². The van der Waals surface area contributed by atoms with E-state index in [-0.39, 0.29) is 41.9 Å². The first-order chi connectivity index (χ1) is 8.04. The molecule has 0 N–H and O–H groups in total. The van der Waals surface area contributed by atoms with Gasteiger partial charge in [-0.05, 0) is 5.56 Å². The normalized spacial score (nSPS) is 12.1. The van der Waals surface area contributed by atoms with Crippen molar-refractivity contribution in [2.24, 2.45) is 0 Å². The van der Waals surface area contributed by atoms with Crippen LogP contribution in [0.4, 0.5) is 0 Å². The Morgan fingerprint density at radius 3 is 2.33 bits per heavy atom. The van der Waals surface area contributed by atoms with E-state index >= 15 is 0 Å². The van der Waals surface area contributed by atoms with Crippen LogP contribution in [0.25, 0.3) is 5.32 Å². The smallest absolute Gasteiger partial charge is 0.591 e. The zero-order valence-corrected chi connectivity index (χ0v) is 12.7. The second-order valence-corrected chi connectivity index (χ2v) is 3.71. The fraction of sp³-hybridized carbons (Fsp3) is 0.250. The molecule has 1 heterocycles. The van der Waals surface area contributed by atoms with Crippen LogP contribution >= 0.6 is 0 Å². The van der Waals surface area contributed by atoms with Crippen molar-refractivity contribution in [3.05, 3.63) is 40.7 Å². The van der Waals surface area contributed by atoms with Gasteiger partial charge in [0.1, 0.15) is 0 Å². The van der Waals surface area contributed by atoms with Crippen molar-refractivity contribution in [3.8, 4) is 0 Å². The summed E-state index contributed by atoms with van der Waals surface area (Å²) in [6.45, 7) is 0. The molecule has 0 atom stereocenters. The van der Waals surface area contributed by atoms with Crippen LogP contribution in [0.1, 0.15) is 15.9 Å². The van der Waals surface area contributed by atoms with Crippen molar-refractivity contribution in [1.82, 2.24) is 4.90 Å². The van der Waals surface area contributed by atoms with Crippen LogP contribution in [-0.2, 0) is 16.0 Å². The molecule has 0 fully saturated rings. The van der Waals surface area contributed by atoms with E-state index in [1.165, 1.54) is 4.90 Å². The summed E-state index contributed by atoms with van der Waals surface area (Å²) in [6, 6.07) is 7.04. The molecule has 1 aliphatic rings. The molecule has 0 saturated carbocycles. The van der Waals surface area contributed by atoms with Crippen LogP contribution in [0, 0.1) is 0 Å². The first kappa shape index (κ1) is 16.8. The van der Waals surface area contributed by atoms with E-state index in [4.69, 9.17) is 0 Å². The molecule has 0 aliphatic carbocycles. The van der Waals surface area contributed by atoms with Crippen LogP contribution in [0.5, 0.6) is 0 Å². The SMILES string of the molecule is CN(C)C=O.O=C1Cc2ccccc2C(=O)[N-]1.[Na+]. The number of benzene rings is 1. The summed E-state index contributed by atoms with van der Waals surface area (Å²) in [5.74, 6) is -0.763. The molecule has 0 aromatic heterocycles. The van der Waals surface area contributed by atoms with Crippen molar-refractivity contribution in [2.75, 3.05) is 14.1 Å². The summed E-state index contributed by atoms with van der Waals surface area (Å²) in [5.41, 5.74) is 1.33. The minimum Gasteiger partial charge on any atom is -0.591 e. The Morgan fingerprint density at radius 2 is 1.78 bits per heavy atom. The third-order valence-corrected chi connectivity index (χ3v) is 2.03. The van der Waals surface area contributed by atoms with Crippen molar-refractivity contribution in [3.63, 3.8) is 0 Å². The van der Waals surface area contributed by atoms with Gasteiger partial charge in [0.05, 0.1) is 11.8 Å². The summed E-state index contributed by atoms with van der Waals surface area (Å²) < 4.78 is 0. The molecule has 90 valence electrons. The van der Waals surface area contributed by atoms with Gasteiger partial charge in [-0.3, -0.25) is 4.79 Å². The summed E-state index contributed by atoms with van der Waals surface area (Å²) in [4.78, 5) is 32.8. The molecule has 2 rings (SSSR count). The molecule has 6 heteroatoms. The second kappa shape index (κ2) is 8.02. The zero-order valence-electron chi connectivity index (χ0n) is 10.7. The van der Waals surface area contributed by atoms with Gasteiger partial charge in [-0.1, -0.05) is 24.3 Å². The number of amides is 3. The zero-order chi connectivity index (χ0) is 12.8. The second-order valence-electron chi connectivity index (χ2n) is 3.71. The third-order valence-electron chi connectivity index (χ3n) is 2.03. The van der Waals surface area contributed by atoms with Gasteiger partial charge < -0.3 is 19.8 Å². The average molecular weight is 256 g/mol. The fourth-order valence-electron chi connectivity index (χ4n) is 1.26. The van der Waals surface area contributed by atoms with E-state index in [0.717, 1.165) is 12.0 Å². The number of carbonyl (C=O) groups is 3. The van der Waals surface area contributed by atoms with Gasteiger partial charge in [0, 0.05) is 26.1 Å². The van der Waals surface area contributed by atoms with Gasteiger partial charge in [0.2, 0.25) is 6.41 Å². The number of carbonyl (C=O) groups excluding carboxylic acids is 3. The molecule has 0 spiro atoms. The standard InChI is InChI=1S/C9H7NO2.C3H7NO.Na/c11-8-5-6-3-1-2-4-7(6)9(12)10-8;1-4(2)3-5;/h1-4H,5H2,(H,10,11,12);3H,1-2H3;/q;;+1/p-1.